The van der Waals surface area contributed by atoms with Crippen LogP contribution in [0.1, 0.15) is 20.3 Å². The number of phosphoric ester groups is 1. The van der Waals surface area contributed by atoms with E-state index >= 15 is 0 Å². The van der Waals surface area contributed by atoms with E-state index in [0.717, 1.165) is 0 Å². The average molecular weight is 398 g/mol. The van der Waals surface area contributed by atoms with Crippen LogP contribution >= 0.6 is 7.82 Å². The van der Waals surface area contributed by atoms with Gasteiger partial charge in [-0.3, -0.25) is 18.9 Å². The monoisotopic (exact) mass is 398 g/mol. The minimum Gasteiger partial charge on any atom is -0.383 e. The normalized spacial score (nSPS) is 13.0. The Morgan fingerprint density at radius 2 is 1.62 bits per heavy atom. The Labute approximate surface area is 151 Å². The summed E-state index contributed by atoms with van der Waals surface area (Å²) in [7, 11) is -4.72. The van der Waals surface area contributed by atoms with E-state index in [1.54, 1.807) is 0 Å². The van der Waals surface area contributed by atoms with Crippen molar-refractivity contribution in [2.75, 3.05) is 32.8 Å². The van der Waals surface area contributed by atoms with Crippen molar-refractivity contribution in [3.05, 3.63) is 0 Å². The number of carbonyl (C=O) groups excluding carboxylic acids is 3. The molecule has 0 aliphatic carbocycles. The second-order valence-corrected chi connectivity index (χ2v) is 7.34. The first-order valence-corrected chi connectivity index (χ1v) is 9.31. The summed E-state index contributed by atoms with van der Waals surface area (Å²) in [5, 5.41) is 17.3. The Kier molecular flexibility index (Phi) is 10.5. The quantitative estimate of drug-likeness (QED) is 0.134. The Balaban J connectivity index is 4.10. The number of hydrogen-bond acceptors (Lipinski definition) is 7. The van der Waals surface area contributed by atoms with Crippen molar-refractivity contribution in [3.63, 3.8) is 0 Å². The molecule has 0 aromatic heterocycles. The predicted octanol–water partition coefficient (Wildman–Crippen LogP) is -2.82. The van der Waals surface area contributed by atoms with Crippen molar-refractivity contribution in [2.24, 2.45) is 11.1 Å². The molecule has 8 N–H and O–H groups in total. The molecule has 0 spiro atoms. The molecule has 13 heteroatoms. The molecule has 0 rings (SSSR count). The Morgan fingerprint density at radius 3 is 2.12 bits per heavy atom. The molecule has 26 heavy (non-hydrogen) atoms. The first-order chi connectivity index (χ1) is 11.9. The fourth-order valence-corrected chi connectivity index (χ4v) is 2.15. The second kappa shape index (κ2) is 11.2. The van der Waals surface area contributed by atoms with Crippen molar-refractivity contribution >= 4 is 25.5 Å². The zero-order valence-electron chi connectivity index (χ0n) is 14.7. The standard InChI is InChI=1S/C13H27N4O8P/c1-13(2,8-25-26(22,23)24)11(20)12(21)17-4-3-9(18)15-5-6-16-10(19)7-14/h11,20H,3-8,14H2,1-2H3,(H,15,18)(H,16,19)(H,17,21)(H2,22,23,24)/t11-/m0/s1. The molecular weight excluding hydrogens is 371 g/mol. The summed E-state index contributed by atoms with van der Waals surface area (Å²) in [6.07, 6.45) is -1.65. The summed E-state index contributed by atoms with van der Waals surface area (Å²) in [5.41, 5.74) is 3.84. The number of phosphoric acid groups is 1. The average Bonchev–Trinajstić information content (AvgIpc) is 2.55. The number of aliphatic hydroxyl groups is 1. The number of hydrogen-bond donors (Lipinski definition) is 7. The fraction of sp³-hybridized carbons (Fsp3) is 0.769. The molecule has 0 fully saturated rings. The van der Waals surface area contributed by atoms with E-state index in [2.05, 4.69) is 20.5 Å². The molecule has 0 radical (unpaired) electrons. The number of amides is 3. The van der Waals surface area contributed by atoms with Gasteiger partial charge in [0.05, 0.1) is 13.2 Å². The van der Waals surface area contributed by atoms with Crippen LogP contribution in [0.5, 0.6) is 0 Å². The van der Waals surface area contributed by atoms with E-state index in [0.29, 0.717) is 0 Å². The molecule has 0 heterocycles. The number of aliphatic hydroxyl groups excluding tert-OH is 1. The lowest BCUT2D eigenvalue weighted by Gasteiger charge is -2.29. The second-order valence-electron chi connectivity index (χ2n) is 6.10. The van der Waals surface area contributed by atoms with Gasteiger partial charge in [0, 0.05) is 31.5 Å². The van der Waals surface area contributed by atoms with Crippen LogP contribution < -0.4 is 21.7 Å². The maximum Gasteiger partial charge on any atom is 0.469 e. The van der Waals surface area contributed by atoms with Gasteiger partial charge < -0.3 is 36.6 Å². The van der Waals surface area contributed by atoms with E-state index < -0.39 is 31.9 Å². The molecule has 0 aromatic rings. The van der Waals surface area contributed by atoms with Crippen LogP contribution in [0.3, 0.4) is 0 Å². The van der Waals surface area contributed by atoms with E-state index in [-0.39, 0.29) is 44.4 Å². The zero-order chi connectivity index (χ0) is 20.4. The van der Waals surface area contributed by atoms with Gasteiger partial charge in [-0.1, -0.05) is 13.8 Å². The van der Waals surface area contributed by atoms with Crippen molar-refractivity contribution in [3.8, 4) is 0 Å². The minimum absolute atomic E-state index is 0.0493. The summed E-state index contributed by atoms with van der Waals surface area (Å²) in [4.78, 5) is 51.6. The van der Waals surface area contributed by atoms with Gasteiger partial charge in [-0.2, -0.15) is 0 Å². The largest absolute Gasteiger partial charge is 0.469 e. The third kappa shape index (κ3) is 11.1. The first-order valence-electron chi connectivity index (χ1n) is 7.78. The highest BCUT2D eigenvalue weighted by molar-refractivity contribution is 7.46. The van der Waals surface area contributed by atoms with Gasteiger partial charge in [-0.05, 0) is 0 Å². The van der Waals surface area contributed by atoms with Gasteiger partial charge in [0.15, 0.2) is 0 Å². The lowest BCUT2D eigenvalue weighted by atomic mass is 9.87. The van der Waals surface area contributed by atoms with E-state index in [1.165, 1.54) is 13.8 Å². The summed E-state index contributed by atoms with van der Waals surface area (Å²) >= 11 is 0. The number of carbonyl (C=O) groups is 3. The molecule has 1 atom stereocenters. The molecule has 0 aliphatic heterocycles. The topological polar surface area (TPSA) is 200 Å². The van der Waals surface area contributed by atoms with Crippen LogP contribution in [-0.2, 0) is 23.5 Å². The molecule has 0 aromatic carbocycles. The lowest BCUT2D eigenvalue weighted by molar-refractivity contribution is -0.137. The van der Waals surface area contributed by atoms with Crippen LogP contribution in [0.15, 0.2) is 0 Å². The minimum atomic E-state index is -4.72. The predicted molar refractivity (Wildman–Crippen MR) is 90.5 cm³/mol. The Bertz CT molecular complexity index is 536. The van der Waals surface area contributed by atoms with E-state index in [9.17, 15) is 24.1 Å². The van der Waals surface area contributed by atoms with Crippen molar-refractivity contribution < 1.29 is 38.4 Å². The van der Waals surface area contributed by atoms with Gasteiger partial charge >= 0.3 is 7.82 Å². The number of nitrogens with one attached hydrogen (secondary N) is 3. The molecule has 3 amide bonds. The van der Waals surface area contributed by atoms with Crippen LogP contribution in [0.4, 0.5) is 0 Å². The van der Waals surface area contributed by atoms with Gasteiger partial charge in [0.25, 0.3) is 0 Å². The highest BCUT2D eigenvalue weighted by Gasteiger charge is 2.35. The molecule has 0 aliphatic rings. The van der Waals surface area contributed by atoms with E-state index in [1.807, 2.05) is 0 Å². The van der Waals surface area contributed by atoms with Crippen molar-refractivity contribution in [1.82, 2.24) is 16.0 Å². The number of nitrogens with two attached hydrogens (primary N) is 1. The summed E-state index contributed by atoms with van der Waals surface area (Å²) in [5.74, 6) is -1.51. The molecule has 0 bridgehead atoms. The molecule has 0 unspecified atom stereocenters. The Morgan fingerprint density at radius 1 is 1.08 bits per heavy atom. The molecule has 0 saturated heterocycles. The van der Waals surface area contributed by atoms with Gasteiger partial charge in [-0.25, -0.2) is 4.57 Å². The summed E-state index contributed by atoms with van der Waals surface area (Å²) < 4.78 is 15.0. The Hall–Kier alpha value is -1.56. The van der Waals surface area contributed by atoms with Crippen LogP contribution in [0, 0.1) is 5.41 Å². The molecule has 12 nitrogen and oxygen atoms in total. The highest BCUT2D eigenvalue weighted by atomic mass is 31.2. The van der Waals surface area contributed by atoms with Gasteiger partial charge in [-0.15, -0.1) is 0 Å². The van der Waals surface area contributed by atoms with Crippen LogP contribution in [-0.4, -0.2) is 71.5 Å². The third-order valence-corrected chi connectivity index (χ3v) is 3.66. The smallest absolute Gasteiger partial charge is 0.383 e. The highest BCUT2D eigenvalue weighted by Crippen LogP contribution is 2.38. The first kappa shape index (κ1) is 24.4. The molecule has 0 saturated carbocycles. The van der Waals surface area contributed by atoms with E-state index in [4.69, 9.17) is 15.5 Å². The van der Waals surface area contributed by atoms with Crippen molar-refractivity contribution in [2.45, 2.75) is 26.4 Å². The molecular formula is C13H27N4O8P. The third-order valence-electron chi connectivity index (χ3n) is 3.20. The SMILES string of the molecule is CC(C)(COP(=O)(O)O)[C@@H](O)C(=O)NCCC(=O)NCCNC(=O)CN. The summed E-state index contributed by atoms with van der Waals surface area (Å²) in [6, 6.07) is 0. The number of rotatable bonds is 12. The van der Waals surface area contributed by atoms with Crippen LogP contribution in [0.25, 0.3) is 0 Å². The fourth-order valence-electron chi connectivity index (χ4n) is 1.64. The van der Waals surface area contributed by atoms with Crippen molar-refractivity contribution in [1.29, 1.82) is 0 Å². The van der Waals surface area contributed by atoms with Gasteiger partial charge in [0.2, 0.25) is 17.7 Å². The zero-order valence-corrected chi connectivity index (χ0v) is 15.6. The van der Waals surface area contributed by atoms with Gasteiger partial charge in [0.1, 0.15) is 6.10 Å². The maximum atomic E-state index is 11.9. The lowest BCUT2D eigenvalue weighted by Crippen LogP contribution is -2.46. The molecule has 152 valence electrons. The summed E-state index contributed by atoms with van der Waals surface area (Å²) in [6.45, 7) is 2.49. The van der Waals surface area contributed by atoms with Crippen LogP contribution in [0.2, 0.25) is 0 Å². The maximum absolute atomic E-state index is 11.9.